The fourth-order valence-electron chi connectivity index (χ4n) is 4.24. The third-order valence-electron chi connectivity index (χ3n) is 6.54. The molecule has 0 saturated carbocycles. The number of carboxylic acids is 1. The number of hydrogen-bond donors (Lipinski definition) is 3. The van der Waals surface area contributed by atoms with E-state index in [-0.39, 0.29) is 59.1 Å². The largest absolute Gasteiger partial charge is 0.497 e. The lowest BCUT2D eigenvalue weighted by Gasteiger charge is -2.16. The number of aromatic nitrogens is 2. The number of rotatable bonds is 11. The van der Waals surface area contributed by atoms with E-state index in [0.29, 0.717) is 28.5 Å². The number of nitrogens with zero attached hydrogens (tertiary/aromatic N) is 2. The lowest BCUT2D eigenvalue weighted by atomic mass is 10.2. The molecule has 0 atom stereocenters. The number of benzene rings is 3. The molecular formula is C29H28N4O9S. The SMILES string of the molecule is CCC(=O)Nc1ccc(Oc2c(C)c(C(=O)O)nn2-c2ccc(OC)cc2)c(S(=O)(=O)NCc2ccc3c(c2)OCO3)c1. The van der Waals surface area contributed by atoms with Gasteiger partial charge in [-0.1, -0.05) is 13.0 Å². The van der Waals surface area contributed by atoms with Crippen LogP contribution in [0.15, 0.2) is 65.6 Å². The van der Waals surface area contributed by atoms with Crippen LogP contribution in [0.5, 0.6) is 28.9 Å². The van der Waals surface area contributed by atoms with Gasteiger partial charge in [-0.05, 0) is 67.1 Å². The maximum Gasteiger partial charge on any atom is 0.356 e. The Morgan fingerprint density at radius 1 is 1.05 bits per heavy atom. The van der Waals surface area contributed by atoms with Crippen molar-refractivity contribution in [1.29, 1.82) is 0 Å². The van der Waals surface area contributed by atoms with Crippen LogP contribution < -0.4 is 29.0 Å². The summed E-state index contributed by atoms with van der Waals surface area (Å²) in [5.74, 6) is -0.106. The van der Waals surface area contributed by atoms with Gasteiger partial charge in [-0.3, -0.25) is 4.79 Å². The fourth-order valence-corrected chi connectivity index (χ4v) is 5.41. The second-order valence-electron chi connectivity index (χ2n) is 9.37. The smallest absolute Gasteiger partial charge is 0.356 e. The Morgan fingerprint density at radius 3 is 2.49 bits per heavy atom. The van der Waals surface area contributed by atoms with Crippen LogP contribution in [0.2, 0.25) is 0 Å². The zero-order valence-corrected chi connectivity index (χ0v) is 24.2. The highest BCUT2D eigenvalue weighted by Crippen LogP contribution is 2.36. The second kappa shape index (κ2) is 12.0. The number of carbonyl (C=O) groups excluding carboxylic acids is 1. The van der Waals surface area contributed by atoms with Crippen molar-refractivity contribution in [3.05, 3.63) is 77.5 Å². The zero-order chi connectivity index (χ0) is 30.7. The number of aromatic carboxylic acids is 1. The third-order valence-corrected chi connectivity index (χ3v) is 7.96. The van der Waals surface area contributed by atoms with Gasteiger partial charge in [0.25, 0.3) is 0 Å². The molecule has 0 spiro atoms. The highest BCUT2D eigenvalue weighted by Gasteiger charge is 2.27. The number of anilines is 1. The van der Waals surface area contributed by atoms with Gasteiger partial charge < -0.3 is 29.4 Å². The van der Waals surface area contributed by atoms with E-state index in [1.54, 1.807) is 49.4 Å². The molecule has 0 fully saturated rings. The van der Waals surface area contributed by atoms with E-state index in [0.717, 1.165) is 0 Å². The number of carboxylic acid groups (broad SMARTS) is 1. The highest BCUT2D eigenvalue weighted by atomic mass is 32.2. The van der Waals surface area contributed by atoms with Crippen molar-refractivity contribution in [2.45, 2.75) is 31.7 Å². The average Bonchev–Trinajstić information content (AvgIpc) is 3.60. The molecule has 0 aliphatic carbocycles. The van der Waals surface area contributed by atoms with Crippen molar-refractivity contribution >= 4 is 27.6 Å². The Hall–Kier alpha value is -5.08. The molecule has 0 saturated heterocycles. The lowest BCUT2D eigenvalue weighted by molar-refractivity contribution is -0.115. The van der Waals surface area contributed by atoms with Crippen molar-refractivity contribution in [3.63, 3.8) is 0 Å². The third kappa shape index (κ3) is 6.24. The minimum absolute atomic E-state index is 0.0138. The van der Waals surface area contributed by atoms with E-state index >= 15 is 0 Å². The first-order valence-electron chi connectivity index (χ1n) is 13.1. The van der Waals surface area contributed by atoms with E-state index in [4.69, 9.17) is 18.9 Å². The molecule has 224 valence electrons. The van der Waals surface area contributed by atoms with Gasteiger partial charge in [0, 0.05) is 24.2 Å². The number of amides is 1. The first-order chi connectivity index (χ1) is 20.6. The first kappa shape index (κ1) is 29.4. The van der Waals surface area contributed by atoms with Gasteiger partial charge >= 0.3 is 5.97 Å². The van der Waals surface area contributed by atoms with E-state index in [1.807, 2.05) is 0 Å². The predicted molar refractivity (Wildman–Crippen MR) is 154 cm³/mol. The second-order valence-corrected chi connectivity index (χ2v) is 11.1. The number of hydrogen-bond acceptors (Lipinski definition) is 9. The summed E-state index contributed by atoms with van der Waals surface area (Å²) in [4.78, 5) is 23.7. The summed E-state index contributed by atoms with van der Waals surface area (Å²) in [5.41, 5.74) is 1.19. The normalized spacial score (nSPS) is 12.2. The van der Waals surface area contributed by atoms with E-state index in [2.05, 4.69) is 15.1 Å². The van der Waals surface area contributed by atoms with E-state index in [1.165, 1.54) is 36.9 Å². The van der Waals surface area contributed by atoms with Crippen molar-refractivity contribution < 1.29 is 42.1 Å². The highest BCUT2D eigenvalue weighted by molar-refractivity contribution is 7.89. The molecule has 5 rings (SSSR count). The maximum absolute atomic E-state index is 13.7. The molecule has 13 nitrogen and oxygen atoms in total. The van der Waals surface area contributed by atoms with Crippen LogP contribution >= 0.6 is 0 Å². The van der Waals surface area contributed by atoms with Gasteiger partial charge in [0.15, 0.2) is 17.2 Å². The molecule has 43 heavy (non-hydrogen) atoms. The number of fused-ring (bicyclic) bond motifs is 1. The van der Waals surface area contributed by atoms with Gasteiger partial charge in [0.2, 0.25) is 28.6 Å². The molecule has 14 heteroatoms. The van der Waals surface area contributed by atoms with Crippen LogP contribution in [0.1, 0.15) is 35.0 Å². The van der Waals surface area contributed by atoms with Crippen LogP contribution in [0.4, 0.5) is 5.69 Å². The Morgan fingerprint density at radius 2 is 1.79 bits per heavy atom. The Bertz CT molecular complexity index is 1800. The maximum atomic E-state index is 13.7. The summed E-state index contributed by atoms with van der Waals surface area (Å²) < 4.78 is 53.2. The number of ether oxygens (including phenoxy) is 4. The Balaban J connectivity index is 1.54. The quantitative estimate of drug-likeness (QED) is 0.224. The van der Waals surface area contributed by atoms with Gasteiger partial charge in [-0.2, -0.15) is 9.78 Å². The van der Waals surface area contributed by atoms with Gasteiger partial charge in [0.05, 0.1) is 12.8 Å². The molecular weight excluding hydrogens is 580 g/mol. The first-order valence-corrected chi connectivity index (χ1v) is 14.5. The number of sulfonamides is 1. The molecule has 3 aromatic carbocycles. The molecule has 2 heterocycles. The molecule has 0 unspecified atom stereocenters. The summed E-state index contributed by atoms with van der Waals surface area (Å²) in [5, 5.41) is 16.6. The summed E-state index contributed by atoms with van der Waals surface area (Å²) in [6.45, 7) is 3.17. The molecule has 1 aliphatic rings. The van der Waals surface area contributed by atoms with Crippen molar-refractivity contribution in [2.75, 3.05) is 19.2 Å². The van der Waals surface area contributed by atoms with Crippen molar-refractivity contribution in [1.82, 2.24) is 14.5 Å². The van der Waals surface area contributed by atoms with Crippen LogP contribution in [0.3, 0.4) is 0 Å². The van der Waals surface area contributed by atoms with Crippen LogP contribution in [0.25, 0.3) is 5.69 Å². The molecule has 4 aromatic rings. The summed E-state index contributed by atoms with van der Waals surface area (Å²) in [7, 11) is -2.74. The van der Waals surface area contributed by atoms with Crippen LogP contribution in [-0.4, -0.2) is 49.1 Å². The van der Waals surface area contributed by atoms with E-state index in [9.17, 15) is 23.1 Å². The summed E-state index contributed by atoms with van der Waals surface area (Å²) in [6.07, 6.45) is 0.181. The molecule has 1 aromatic heterocycles. The number of carbonyl (C=O) groups is 2. The van der Waals surface area contributed by atoms with E-state index < -0.39 is 16.0 Å². The van der Waals surface area contributed by atoms with Gasteiger partial charge in [-0.15, -0.1) is 0 Å². The summed E-state index contributed by atoms with van der Waals surface area (Å²) in [6, 6.07) is 15.8. The van der Waals surface area contributed by atoms with Gasteiger partial charge in [-0.25, -0.2) is 17.9 Å². The standard InChI is InChI=1S/C29H28N4O9S/c1-4-26(34)31-19-6-12-23(25(14-19)43(37,38)30-15-18-5-11-22-24(13-18)41-16-40-22)42-28-17(2)27(29(35)36)32-33(28)20-7-9-21(39-3)10-8-20/h5-14,30H,4,15-16H2,1-3H3,(H,31,34)(H,35,36). The number of nitrogens with one attached hydrogen (secondary N) is 2. The number of methoxy groups -OCH3 is 1. The molecule has 0 radical (unpaired) electrons. The average molecular weight is 609 g/mol. The lowest BCUT2D eigenvalue weighted by Crippen LogP contribution is -2.24. The minimum Gasteiger partial charge on any atom is -0.497 e. The van der Waals surface area contributed by atoms with Crippen LogP contribution in [0, 0.1) is 6.92 Å². The topological polar surface area (TPSA) is 167 Å². The summed E-state index contributed by atoms with van der Waals surface area (Å²) >= 11 is 0. The molecule has 3 N–H and O–H groups in total. The monoisotopic (exact) mass is 608 g/mol. The van der Waals surface area contributed by atoms with Crippen molar-refractivity contribution in [3.8, 4) is 34.6 Å². The van der Waals surface area contributed by atoms with Gasteiger partial charge in [0.1, 0.15) is 16.4 Å². The van der Waals surface area contributed by atoms with Crippen LogP contribution in [-0.2, 0) is 21.4 Å². The predicted octanol–water partition coefficient (Wildman–Crippen LogP) is 4.24. The Labute approximate surface area is 247 Å². The fraction of sp³-hybridized carbons (Fsp3) is 0.207. The molecule has 0 bridgehead atoms. The Kier molecular flexibility index (Phi) is 8.23. The minimum atomic E-state index is -4.26. The molecule has 1 aliphatic heterocycles. The zero-order valence-electron chi connectivity index (χ0n) is 23.4. The molecule has 1 amide bonds. The van der Waals surface area contributed by atoms with Crippen molar-refractivity contribution in [2.24, 2.45) is 0 Å².